The van der Waals surface area contributed by atoms with Gasteiger partial charge < -0.3 is 14.7 Å². The third kappa shape index (κ3) is 7.57. The van der Waals surface area contributed by atoms with E-state index in [4.69, 9.17) is 0 Å². The average Bonchev–Trinajstić information content (AvgIpc) is 1.17. The molecule has 3 nitrogen and oxygen atoms in total. The van der Waals surface area contributed by atoms with E-state index in [0.29, 0.717) is 0 Å². The van der Waals surface area contributed by atoms with Gasteiger partial charge in [-0.25, -0.2) is 0 Å². The predicted octanol–water partition coefficient (Wildman–Crippen LogP) is 21.8. The SMILES string of the molecule is CC1(C)c2ccccc2-c2cc(N3c4cc5c(cc4B4c6cc7c(cc6N(c6ccc8c(c6)-c6ccccc6C8(C)C)c6cc(N(c8cccc(-c9ccccc9)c8)c8cccc(-c9ccccc9)c8)cc3c64)-c3ccccc3C7(C)C)C(C)(C)c3ccccc3-5)ccc21. The van der Waals surface area contributed by atoms with E-state index in [9.17, 15) is 0 Å². The molecule has 2 heterocycles. The Morgan fingerprint density at radius 1 is 0.245 bits per heavy atom. The maximum atomic E-state index is 2.69. The van der Waals surface area contributed by atoms with Crippen LogP contribution in [0.15, 0.2) is 279 Å². The number of fused-ring (bicyclic) bond motifs is 16. The fourth-order valence-electron chi connectivity index (χ4n) is 18.1. The molecule has 0 atom stereocenters. The molecular formula is C90H70BN3. The van der Waals surface area contributed by atoms with Crippen molar-refractivity contribution in [2.24, 2.45) is 0 Å². The van der Waals surface area contributed by atoms with Crippen LogP contribution in [0.1, 0.15) is 99.9 Å². The number of benzene rings is 13. The third-order valence-corrected chi connectivity index (χ3v) is 22.8. The van der Waals surface area contributed by atoms with Gasteiger partial charge in [-0.05, 0) is 200 Å². The first-order valence-corrected chi connectivity index (χ1v) is 33.6. The zero-order chi connectivity index (χ0) is 63.3. The molecule has 0 bridgehead atoms. The third-order valence-electron chi connectivity index (χ3n) is 22.8. The molecule has 94 heavy (non-hydrogen) atoms. The molecule has 13 aromatic carbocycles. The van der Waals surface area contributed by atoms with Crippen LogP contribution in [0.4, 0.5) is 51.2 Å². The minimum atomic E-state index is -0.246. The molecule has 0 aromatic heterocycles. The van der Waals surface area contributed by atoms with Crippen molar-refractivity contribution in [2.45, 2.75) is 77.0 Å². The Kier molecular flexibility index (Phi) is 11.4. The summed E-state index contributed by atoms with van der Waals surface area (Å²) in [4.78, 5) is 7.92. The van der Waals surface area contributed by atoms with Crippen molar-refractivity contribution in [1.29, 1.82) is 0 Å². The van der Waals surface area contributed by atoms with E-state index >= 15 is 0 Å². The van der Waals surface area contributed by atoms with Crippen molar-refractivity contribution in [1.82, 2.24) is 0 Å². The van der Waals surface area contributed by atoms with E-state index in [1.807, 2.05) is 0 Å². The highest BCUT2D eigenvalue weighted by Gasteiger charge is 2.49. The second-order valence-electron chi connectivity index (χ2n) is 29.2. The second kappa shape index (κ2) is 19.4. The molecule has 0 amide bonds. The van der Waals surface area contributed by atoms with Crippen LogP contribution in [0.25, 0.3) is 66.8 Å². The van der Waals surface area contributed by atoms with Crippen LogP contribution in [0.5, 0.6) is 0 Å². The Labute approximate surface area is 553 Å². The van der Waals surface area contributed by atoms with E-state index in [0.717, 1.165) is 50.9 Å². The van der Waals surface area contributed by atoms with E-state index in [1.165, 1.54) is 128 Å². The lowest BCUT2D eigenvalue weighted by Crippen LogP contribution is -2.61. The molecule has 2 aliphatic heterocycles. The standard InChI is InChI=1S/C90H70BN3/c1-87(2)72-37-19-15-33-64(72)68-47-61(41-43-76(68)87)93-82-51-70-66-35-17-21-39-74(66)89(5,6)78(70)53-80(82)91-81-54-79-71(67-36-18-22-40-75(67)90(79,7)8)52-83(81)94(62-42-44-77-69(48-62)65-34-16-20-38-73(65)88(77,3)4)85-50-63(49-84(93)86(85)91)92(59-31-23-29-57(45-59)55-25-11-9-12-26-55)60-32-24-30-58(46-60)56-27-13-10-14-28-56/h9-54H,1-8H3. The van der Waals surface area contributed by atoms with Crippen LogP contribution in [0.2, 0.25) is 0 Å². The largest absolute Gasteiger partial charge is 0.311 e. The monoisotopic (exact) mass is 1200 g/mol. The van der Waals surface area contributed by atoms with Gasteiger partial charge >= 0.3 is 0 Å². The van der Waals surface area contributed by atoms with Crippen LogP contribution in [-0.2, 0) is 21.7 Å². The maximum absolute atomic E-state index is 2.69. The van der Waals surface area contributed by atoms with Crippen molar-refractivity contribution in [3.63, 3.8) is 0 Å². The van der Waals surface area contributed by atoms with Gasteiger partial charge in [0.05, 0.1) is 5.69 Å². The summed E-state index contributed by atoms with van der Waals surface area (Å²) < 4.78 is 0. The Morgan fingerprint density at radius 2 is 0.574 bits per heavy atom. The van der Waals surface area contributed by atoms with Crippen molar-refractivity contribution in [2.75, 3.05) is 14.7 Å². The first kappa shape index (κ1) is 55.0. The van der Waals surface area contributed by atoms with Crippen molar-refractivity contribution in [3.05, 3.63) is 324 Å². The summed E-state index contributed by atoms with van der Waals surface area (Å²) in [5, 5.41) is 0. The topological polar surface area (TPSA) is 9.72 Å². The number of hydrogen-bond donors (Lipinski definition) is 0. The summed E-state index contributed by atoms with van der Waals surface area (Å²) in [7, 11) is 0. The lowest BCUT2D eigenvalue weighted by Gasteiger charge is -2.46. The van der Waals surface area contributed by atoms with Gasteiger partial charge in [0.1, 0.15) is 0 Å². The lowest BCUT2D eigenvalue weighted by molar-refractivity contribution is 0.660. The van der Waals surface area contributed by atoms with Gasteiger partial charge in [-0.1, -0.05) is 262 Å². The lowest BCUT2D eigenvalue weighted by atomic mass is 9.33. The summed E-state index contributed by atoms with van der Waals surface area (Å²) in [5.74, 6) is 0. The molecule has 19 rings (SSSR count). The minimum absolute atomic E-state index is 0.161. The predicted molar refractivity (Wildman–Crippen MR) is 396 cm³/mol. The first-order valence-electron chi connectivity index (χ1n) is 33.6. The molecule has 13 aromatic rings. The molecule has 4 aliphatic carbocycles. The highest BCUT2D eigenvalue weighted by Crippen LogP contribution is 2.59. The van der Waals surface area contributed by atoms with E-state index in [2.05, 4.69) is 349 Å². The summed E-state index contributed by atoms with van der Waals surface area (Å²) >= 11 is 0. The molecule has 0 unspecified atom stereocenters. The maximum Gasteiger partial charge on any atom is 0.252 e. The number of rotatable bonds is 7. The fraction of sp³-hybridized carbons (Fsp3) is 0.133. The highest BCUT2D eigenvalue weighted by molar-refractivity contribution is 7.00. The van der Waals surface area contributed by atoms with Gasteiger partial charge in [-0.15, -0.1) is 0 Å². The molecule has 448 valence electrons. The summed E-state index contributed by atoms with van der Waals surface area (Å²) in [6, 6.07) is 107. The fourth-order valence-corrected chi connectivity index (χ4v) is 18.1. The van der Waals surface area contributed by atoms with Gasteiger partial charge in [0.2, 0.25) is 0 Å². The van der Waals surface area contributed by atoms with E-state index in [-0.39, 0.29) is 28.4 Å². The molecule has 0 saturated carbocycles. The molecule has 4 heteroatoms. The number of anilines is 9. The summed E-state index contributed by atoms with van der Waals surface area (Å²) in [6.07, 6.45) is 0. The minimum Gasteiger partial charge on any atom is -0.311 e. The molecule has 6 aliphatic rings. The van der Waals surface area contributed by atoms with Crippen molar-refractivity contribution in [3.8, 4) is 66.8 Å². The van der Waals surface area contributed by atoms with Crippen LogP contribution in [0, 0.1) is 0 Å². The Morgan fingerprint density at radius 3 is 0.968 bits per heavy atom. The Hall–Kier alpha value is -10.7. The highest BCUT2D eigenvalue weighted by atomic mass is 15.2. The van der Waals surface area contributed by atoms with Crippen LogP contribution < -0.4 is 31.1 Å². The zero-order valence-electron chi connectivity index (χ0n) is 54.5. The van der Waals surface area contributed by atoms with Gasteiger partial charge in [-0.2, -0.15) is 0 Å². The van der Waals surface area contributed by atoms with Crippen LogP contribution >= 0.6 is 0 Å². The van der Waals surface area contributed by atoms with Crippen molar-refractivity contribution < 1.29 is 0 Å². The molecule has 0 N–H and O–H groups in total. The van der Waals surface area contributed by atoms with Gasteiger partial charge in [0.25, 0.3) is 6.71 Å². The van der Waals surface area contributed by atoms with Crippen molar-refractivity contribution >= 4 is 74.3 Å². The molecular weight excluding hydrogens is 1130 g/mol. The second-order valence-corrected chi connectivity index (χ2v) is 29.2. The molecule has 0 saturated heterocycles. The first-order chi connectivity index (χ1) is 45.6. The van der Waals surface area contributed by atoms with Gasteiger partial charge in [-0.3, -0.25) is 0 Å². The number of hydrogen-bond acceptors (Lipinski definition) is 3. The molecule has 0 fully saturated rings. The van der Waals surface area contributed by atoms with E-state index in [1.54, 1.807) is 0 Å². The van der Waals surface area contributed by atoms with Gasteiger partial charge in [0.15, 0.2) is 0 Å². The van der Waals surface area contributed by atoms with Crippen LogP contribution in [0.3, 0.4) is 0 Å². The smallest absolute Gasteiger partial charge is 0.252 e. The molecule has 0 spiro atoms. The normalized spacial score (nSPS) is 15.7. The van der Waals surface area contributed by atoms with Crippen LogP contribution in [-0.4, -0.2) is 6.71 Å². The summed E-state index contributed by atoms with van der Waals surface area (Å²) in [6.45, 7) is 19.2. The number of nitrogens with zero attached hydrogens (tertiary/aromatic N) is 3. The zero-order valence-corrected chi connectivity index (χ0v) is 54.5. The average molecular weight is 1200 g/mol. The van der Waals surface area contributed by atoms with E-state index < -0.39 is 0 Å². The quantitative estimate of drug-likeness (QED) is 0.147. The molecule has 0 radical (unpaired) electrons. The summed E-state index contributed by atoms with van der Waals surface area (Å²) in [5.41, 5.74) is 39.4. The van der Waals surface area contributed by atoms with Gasteiger partial charge in [0, 0.05) is 67.2 Å². The Balaban J connectivity index is 0.967. The Bertz CT molecular complexity index is 5090.